The molecule has 0 bridgehead atoms. The van der Waals surface area contributed by atoms with Gasteiger partial charge in [-0.05, 0) is 74.5 Å². The zero-order valence-electron chi connectivity index (χ0n) is 11.6. The van der Waals surface area contributed by atoms with Gasteiger partial charge in [0.05, 0.1) is 14.5 Å². The van der Waals surface area contributed by atoms with E-state index in [1.807, 2.05) is 32.0 Å². The zero-order chi connectivity index (χ0) is 15.6. The molecule has 3 nitrogen and oxygen atoms in total. The second-order valence-electron chi connectivity index (χ2n) is 4.73. The molecule has 0 radical (unpaired) electrons. The van der Waals surface area contributed by atoms with Crippen LogP contribution in [0.3, 0.4) is 0 Å². The smallest absolute Gasteiger partial charge is 0.335 e. The quantitative estimate of drug-likeness (QED) is 0.757. The van der Waals surface area contributed by atoms with Crippen LogP contribution in [0.2, 0.25) is 0 Å². The Morgan fingerprint density at radius 3 is 2.14 bits per heavy atom. The van der Waals surface area contributed by atoms with Crippen LogP contribution in [-0.2, 0) is 6.61 Å². The van der Waals surface area contributed by atoms with Crippen molar-refractivity contribution in [2.45, 2.75) is 20.5 Å². The van der Waals surface area contributed by atoms with Gasteiger partial charge in [0.2, 0.25) is 0 Å². The fraction of sp³-hybridized carbons (Fsp3) is 0.188. The molecule has 0 atom stereocenters. The van der Waals surface area contributed by atoms with Crippen LogP contribution < -0.4 is 4.74 Å². The van der Waals surface area contributed by atoms with Crippen LogP contribution in [-0.4, -0.2) is 11.1 Å². The molecule has 0 heterocycles. The van der Waals surface area contributed by atoms with Gasteiger partial charge in [-0.15, -0.1) is 0 Å². The Bertz CT molecular complexity index is 653. The molecule has 2 rings (SSSR count). The third-order valence-corrected chi connectivity index (χ3v) is 4.43. The lowest BCUT2D eigenvalue weighted by molar-refractivity contribution is 0.0696. The second-order valence-corrected chi connectivity index (χ2v) is 6.44. The number of hydrogen-bond donors (Lipinski definition) is 1. The molecule has 2 aromatic carbocycles. The highest BCUT2D eigenvalue weighted by Crippen LogP contribution is 2.35. The van der Waals surface area contributed by atoms with E-state index in [0.29, 0.717) is 21.3 Å². The number of ether oxygens (including phenoxy) is 1. The molecule has 0 aliphatic rings. The summed E-state index contributed by atoms with van der Waals surface area (Å²) in [5, 5.41) is 9.02. The summed E-state index contributed by atoms with van der Waals surface area (Å²) in [6, 6.07) is 9.18. The third kappa shape index (κ3) is 3.66. The molecule has 0 spiro atoms. The van der Waals surface area contributed by atoms with Gasteiger partial charge in [-0.1, -0.05) is 18.2 Å². The first-order valence-electron chi connectivity index (χ1n) is 6.30. The van der Waals surface area contributed by atoms with E-state index in [1.54, 1.807) is 0 Å². The minimum absolute atomic E-state index is 0.202. The van der Waals surface area contributed by atoms with Gasteiger partial charge >= 0.3 is 5.97 Å². The Balaban J connectivity index is 2.27. The summed E-state index contributed by atoms with van der Waals surface area (Å²) < 4.78 is 7.09. The molecular weight excluding hydrogens is 400 g/mol. The molecule has 0 aliphatic heterocycles. The Morgan fingerprint density at radius 2 is 1.67 bits per heavy atom. The number of rotatable bonds is 4. The molecular formula is C16H14Br2O3. The summed E-state index contributed by atoms with van der Waals surface area (Å²) in [4.78, 5) is 11.0. The van der Waals surface area contributed by atoms with Crippen molar-refractivity contribution in [2.24, 2.45) is 0 Å². The molecule has 5 heteroatoms. The standard InChI is InChI=1S/C16H14Br2O3/c1-9-4-3-5-10(2)12(9)8-21-15-13(17)6-11(16(19)20)7-14(15)18/h3-7H,8H2,1-2H3,(H,19,20). The molecule has 21 heavy (non-hydrogen) atoms. The van der Waals surface area contributed by atoms with Crippen molar-refractivity contribution in [3.8, 4) is 5.75 Å². The number of halogens is 2. The predicted molar refractivity (Wildman–Crippen MR) is 89.0 cm³/mol. The van der Waals surface area contributed by atoms with Crippen molar-refractivity contribution >= 4 is 37.8 Å². The van der Waals surface area contributed by atoms with Crippen LogP contribution >= 0.6 is 31.9 Å². The van der Waals surface area contributed by atoms with Gasteiger partial charge in [-0.3, -0.25) is 0 Å². The molecule has 0 aliphatic carbocycles. The minimum Gasteiger partial charge on any atom is -0.487 e. The molecule has 0 amide bonds. The maximum absolute atomic E-state index is 11.0. The topological polar surface area (TPSA) is 46.5 Å². The van der Waals surface area contributed by atoms with Crippen molar-refractivity contribution in [1.82, 2.24) is 0 Å². The SMILES string of the molecule is Cc1cccc(C)c1COc1c(Br)cc(C(=O)O)cc1Br. The van der Waals surface area contributed by atoms with Crippen LogP contribution in [0.15, 0.2) is 39.3 Å². The highest BCUT2D eigenvalue weighted by Gasteiger charge is 2.13. The van der Waals surface area contributed by atoms with E-state index in [4.69, 9.17) is 9.84 Å². The van der Waals surface area contributed by atoms with E-state index in [-0.39, 0.29) is 5.56 Å². The summed E-state index contributed by atoms with van der Waals surface area (Å²) >= 11 is 6.72. The molecule has 0 saturated carbocycles. The number of carbonyl (C=O) groups is 1. The molecule has 0 saturated heterocycles. The Labute approximate surface area is 140 Å². The molecule has 2 aromatic rings. The maximum Gasteiger partial charge on any atom is 0.335 e. The van der Waals surface area contributed by atoms with Crippen LogP contribution in [0.1, 0.15) is 27.0 Å². The zero-order valence-corrected chi connectivity index (χ0v) is 14.8. The van der Waals surface area contributed by atoms with Gasteiger partial charge in [-0.2, -0.15) is 0 Å². The van der Waals surface area contributed by atoms with Gasteiger partial charge in [-0.25, -0.2) is 4.79 Å². The number of carboxylic acid groups (broad SMARTS) is 1. The van der Waals surface area contributed by atoms with Crippen LogP contribution in [0.25, 0.3) is 0 Å². The maximum atomic E-state index is 11.0. The highest BCUT2D eigenvalue weighted by molar-refractivity contribution is 9.11. The van der Waals surface area contributed by atoms with E-state index < -0.39 is 5.97 Å². The van der Waals surface area contributed by atoms with E-state index in [1.165, 1.54) is 23.3 Å². The summed E-state index contributed by atoms with van der Waals surface area (Å²) in [6.07, 6.45) is 0. The van der Waals surface area contributed by atoms with E-state index in [2.05, 4.69) is 31.9 Å². The fourth-order valence-electron chi connectivity index (χ4n) is 2.04. The van der Waals surface area contributed by atoms with Gasteiger partial charge < -0.3 is 9.84 Å². The lowest BCUT2D eigenvalue weighted by atomic mass is 10.0. The second kappa shape index (κ2) is 6.62. The Kier molecular flexibility index (Phi) is 5.06. The van der Waals surface area contributed by atoms with E-state index >= 15 is 0 Å². The monoisotopic (exact) mass is 412 g/mol. The van der Waals surface area contributed by atoms with E-state index in [0.717, 1.165) is 5.56 Å². The molecule has 0 unspecified atom stereocenters. The van der Waals surface area contributed by atoms with Gasteiger partial charge in [0, 0.05) is 0 Å². The van der Waals surface area contributed by atoms with E-state index in [9.17, 15) is 4.79 Å². The lowest BCUT2D eigenvalue weighted by Crippen LogP contribution is -2.03. The normalized spacial score (nSPS) is 10.5. The van der Waals surface area contributed by atoms with Crippen molar-refractivity contribution in [3.63, 3.8) is 0 Å². The number of aryl methyl sites for hydroxylation is 2. The first-order chi connectivity index (χ1) is 9.90. The van der Waals surface area contributed by atoms with Gasteiger partial charge in [0.15, 0.2) is 0 Å². The summed E-state index contributed by atoms with van der Waals surface area (Å²) in [6.45, 7) is 4.52. The molecule has 110 valence electrons. The first kappa shape index (κ1) is 16.0. The third-order valence-electron chi connectivity index (χ3n) is 3.25. The molecule has 0 aromatic heterocycles. The van der Waals surface area contributed by atoms with Crippen molar-refractivity contribution in [2.75, 3.05) is 0 Å². The summed E-state index contributed by atoms with van der Waals surface area (Å²) in [7, 11) is 0. The van der Waals surface area contributed by atoms with Gasteiger partial charge in [0.25, 0.3) is 0 Å². The average molecular weight is 414 g/mol. The van der Waals surface area contributed by atoms with Gasteiger partial charge in [0.1, 0.15) is 12.4 Å². The van der Waals surface area contributed by atoms with Crippen LogP contribution in [0, 0.1) is 13.8 Å². The first-order valence-corrected chi connectivity index (χ1v) is 7.89. The molecule has 0 fully saturated rings. The average Bonchev–Trinajstić information content (AvgIpc) is 2.40. The van der Waals surface area contributed by atoms with Crippen LogP contribution in [0.5, 0.6) is 5.75 Å². The lowest BCUT2D eigenvalue weighted by Gasteiger charge is -2.14. The number of benzene rings is 2. The van der Waals surface area contributed by atoms with Crippen molar-refractivity contribution < 1.29 is 14.6 Å². The Hall–Kier alpha value is -1.33. The largest absolute Gasteiger partial charge is 0.487 e. The highest BCUT2D eigenvalue weighted by atomic mass is 79.9. The number of aromatic carboxylic acids is 1. The fourth-order valence-corrected chi connectivity index (χ4v) is 3.46. The van der Waals surface area contributed by atoms with Crippen LogP contribution in [0.4, 0.5) is 0 Å². The van der Waals surface area contributed by atoms with Crippen molar-refractivity contribution in [1.29, 1.82) is 0 Å². The number of carboxylic acids is 1. The summed E-state index contributed by atoms with van der Waals surface area (Å²) in [5.41, 5.74) is 3.68. The molecule has 1 N–H and O–H groups in total. The predicted octanol–water partition coefficient (Wildman–Crippen LogP) is 5.11. The number of hydrogen-bond acceptors (Lipinski definition) is 2. The minimum atomic E-state index is -0.974. The van der Waals surface area contributed by atoms with Crippen molar-refractivity contribution in [3.05, 3.63) is 61.5 Å². The Morgan fingerprint density at radius 1 is 1.14 bits per heavy atom. The summed E-state index contributed by atoms with van der Waals surface area (Å²) in [5.74, 6) is -0.375.